The third-order valence-electron chi connectivity index (χ3n) is 1.77. The molecule has 0 aliphatic rings. The predicted molar refractivity (Wildman–Crippen MR) is 65.2 cm³/mol. The second-order valence-electron chi connectivity index (χ2n) is 3.40. The van der Waals surface area contributed by atoms with Gasteiger partial charge in [-0.25, -0.2) is 0 Å². The molecule has 0 heterocycles. The summed E-state index contributed by atoms with van der Waals surface area (Å²) in [6.45, 7) is 4.09. The highest BCUT2D eigenvalue weighted by Crippen LogP contribution is 2.26. The van der Waals surface area contributed by atoms with Crippen LogP contribution in [0.2, 0.25) is 0 Å². The van der Waals surface area contributed by atoms with Gasteiger partial charge >= 0.3 is 0 Å². The number of hydrogen-bond acceptors (Lipinski definition) is 3. The number of rotatable bonds is 3. The fourth-order valence-corrected chi connectivity index (χ4v) is 1.71. The van der Waals surface area contributed by atoms with Gasteiger partial charge < -0.3 is 16.5 Å². The van der Waals surface area contributed by atoms with Crippen molar-refractivity contribution in [2.45, 2.75) is 19.9 Å². The van der Waals surface area contributed by atoms with Crippen LogP contribution in [-0.2, 0) is 0 Å². The van der Waals surface area contributed by atoms with Crippen molar-refractivity contribution >= 4 is 33.5 Å². The lowest BCUT2D eigenvalue weighted by Crippen LogP contribution is -2.12. The molecule has 0 aliphatic carbocycles. The summed E-state index contributed by atoms with van der Waals surface area (Å²) in [5.74, 6) is 0. The van der Waals surface area contributed by atoms with E-state index in [9.17, 15) is 0 Å². The fraction of sp³-hybridized carbons (Fsp3) is 0.300. The molecule has 0 unspecified atom stereocenters. The molecule has 1 aromatic rings. The van der Waals surface area contributed by atoms with E-state index >= 15 is 0 Å². The van der Waals surface area contributed by atoms with Crippen LogP contribution in [0.3, 0.4) is 0 Å². The maximum absolute atomic E-state index is 7.28. The first-order valence-corrected chi connectivity index (χ1v) is 5.20. The van der Waals surface area contributed by atoms with Gasteiger partial charge in [-0.05, 0) is 26.0 Å². The van der Waals surface area contributed by atoms with E-state index < -0.39 is 0 Å². The van der Waals surface area contributed by atoms with E-state index in [-0.39, 0.29) is 0 Å². The number of nitrogens with one attached hydrogen (secondary N) is 2. The zero-order chi connectivity index (χ0) is 10.7. The van der Waals surface area contributed by atoms with Crippen molar-refractivity contribution in [1.82, 2.24) is 0 Å². The normalized spacial score (nSPS) is 10.3. The van der Waals surface area contributed by atoms with Crippen molar-refractivity contribution in [3.8, 4) is 0 Å². The van der Waals surface area contributed by atoms with Crippen LogP contribution in [0.5, 0.6) is 0 Å². The molecular formula is C10H14BrN3. The van der Waals surface area contributed by atoms with E-state index in [1.54, 1.807) is 6.07 Å². The summed E-state index contributed by atoms with van der Waals surface area (Å²) in [5.41, 5.74) is 8.02. The Labute approximate surface area is 92.3 Å². The molecule has 0 atom stereocenters. The summed E-state index contributed by atoms with van der Waals surface area (Å²) in [4.78, 5) is 0. The van der Waals surface area contributed by atoms with Crippen molar-refractivity contribution in [2.75, 3.05) is 11.1 Å². The number of nitrogens with two attached hydrogens (primary N) is 1. The first-order chi connectivity index (χ1) is 6.54. The zero-order valence-electron chi connectivity index (χ0n) is 8.26. The molecular weight excluding hydrogens is 242 g/mol. The van der Waals surface area contributed by atoms with E-state index in [1.807, 2.05) is 19.9 Å². The lowest BCUT2D eigenvalue weighted by molar-refractivity contribution is 0.899. The highest BCUT2D eigenvalue weighted by Gasteiger charge is 2.06. The zero-order valence-corrected chi connectivity index (χ0v) is 9.85. The van der Waals surface area contributed by atoms with Gasteiger partial charge in [-0.15, -0.1) is 0 Å². The minimum absolute atomic E-state index is 0.322. The molecule has 1 rings (SSSR count). The molecule has 0 saturated heterocycles. The second-order valence-corrected chi connectivity index (χ2v) is 4.32. The first-order valence-electron chi connectivity index (χ1n) is 4.40. The Morgan fingerprint density at radius 3 is 2.64 bits per heavy atom. The van der Waals surface area contributed by atoms with Crippen LogP contribution < -0.4 is 11.1 Å². The Balaban J connectivity index is 3.17. The van der Waals surface area contributed by atoms with Crippen molar-refractivity contribution < 1.29 is 0 Å². The topological polar surface area (TPSA) is 61.9 Å². The van der Waals surface area contributed by atoms with Gasteiger partial charge in [0, 0.05) is 33.7 Å². The maximum atomic E-state index is 7.28. The molecule has 4 N–H and O–H groups in total. The third-order valence-corrected chi connectivity index (χ3v) is 2.22. The lowest BCUT2D eigenvalue weighted by atomic mass is 10.1. The van der Waals surface area contributed by atoms with Crippen LogP contribution in [0.15, 0.2) is 16.6 Å². The van der Waals surface area contributed by atoms with Crippen LogP contribution in [0, 0.1) is 5.41 Å². The summed E-state index contributed by atoms with van der Waals surface area (Å²) in [6.07, 6.45) is 1.27. The predicted octanol–water partition coefficient (Wildman–Crippen LogP) is 2.85. The Morgan fingerprint density at radius 1 is 1.50 bits per heavy atom. The minimum atomic E-state index is 0.322. The monoisotopic (exact) mass is 255 g/mol. The quantitative estimate of drug-likeness (QED) is 0.575. The largest absolute Gasteiger partial charge is 0.398 e. The Morgan fingerprint density at radius 2 is 2.14 bits per heavy atom. The minimum Gasteiger partial charge on any atom is -0.398 e. The first kappa shape index (κ1) is 11.0. The molecule has 14 heavy (non-hydrogen) atoms. The number of anilines is 2. The van der Waals surface area contributed by atoms with Crippen molar-refractivity contribution in [3.63, 3.8) is 0 Å². The molecule has 0 amide bonds. The summed E-state index contributed by atoms with van der Waals surface area (Å²) in [7, 11) is 0. The highest BCUT2D eigenvalue weighted by molar-refractivity contribution is 9.10. The summed E-state index contributed by atoms with van der Waals surface area (Å²) in [6, 6.07) is 4.05. The Hall–Kier alpha value is -1.03. The summed E-state index contributed by atoms with van der Waals surface area (Å²) in [5, 5.41) is 10.5. The number of benzene rings is 1. The van der Waals surface area contributed by atoms with Crippen LogP contribution in [-0.4, -0.2) is 12.3 Å². The van der Waals surface area contributed by atoms with Crippen LogP contribution in [0.25, 0.3) is 0 Å². The maximum Gasteiger partial charge on any atom is 0.0463 e. The van der Waals surface area contributed by atoms with Crippen molar-refractivity contribution in [1.29, 1.82) is 5.41 Å². The smallest absolute Gasteiger partial charge is 0.0463 e. The van der Waals surface area contributed by atoms with Gasteiger partial charge in [0.25, 0.3) is 0 Å². The molecule has 0 fully saturated rings. The third kappa shape index (κ3) is 2.48. The molecule has 0 aliphatic heterocycles. The fourth-order valence-electron chi connectivity index (χ4n) is 1.23. The van der Waals surface area contributed by atoms with Crippen LogP contribution in [0.1, 0.15) is 19.4 Å². The van der Waals surface area contributed by atoms with Gasteiger partial charge in [0.05, 0.1) is 0 Å². The summed E-state index contributed by atoms with van der Waals surface area (Å²) < 4.78 is 0.920. The summed E-state index contributed by atoms with van der Waals surface area (Å²) >= 11 is 3.37. The van der Waals surface area contributed by atoms with Crippen LogP contribution >= 0.6 is 15.9 Å². The molecule has 0 saturated carbocycles. The molecule has 0 bridgehead atoms. The van der Waals surface area contributed by atoms with Gasteiger partial charge in [0.15, 0.2) is 0 Å². The lowest BCUT2D eigenvalue weighted by Gasteiger charge is -2.14. The SMILES string of the molecule is CC(C)Nc1cc(Br)cc(N)c1C=N. The number of halogens is 1. The molecule has 1 aromatic carbocycles. The van der Waals surface area contributed by atoms with E-state index in [0.717, 1.165) is 15.7 Å². The van der Waals surface area contributed by atoms with Gasteiger partial charge in [0.1, 0.15) is 0 Å². The van der Waals surface area contributed by atoms with Gasteiger partial charge in [-0.2, -0.15) is 0 Å². The van der Waals surface area contributed by atoms with E-state index in [4.69, 9.17) is 11.1 Å². The number of hydrogen-bond donors (Lipinski definition) is 3. The van der Waals surface area contributed by atoms with Gasteiger partial charge in [0.2, 0.25) is 0 Å². The molecule has 3 nitrogen and oxygen atoms in total. The van der Waals surface area contributed by atoms with E-state index in [0.29, 0.717) is 11.7 Å². The van der Waals surface area contributed by atoms with Crippen LogP contribution in [0.4, 0.5) is 11.4 Å². The van der Waals surface area contributed by atoms with E-state index in [1.165, 1.54) is 6.21 Å². The molecule has 76 valence electrons. The molecule has 0 spiro atoms. The molecule has 0 aromatic heterocycles. The molecule has 4 heteroatoms. The Bertz CT molecular complexity index is 347. The van der Waals surface area contributed by atoms with Gasteiger partial charge in [-0.3, -0.25) is 0 Å². The second kappa shape index (κ2) is 4.46. The number of nitrogen functional groups attached to an aromatic ring is 1. The Kier molecular flexibility index (Phi) is 3.52. The highest BCUT2D eigenvalue weighted by atomic mass is 79.9. The van der Waals surface area contributed by atoms with Gasteiger partial charge in [-0.1, -0.05) is 15.9 Å². The molecule has 0 radical (unpaired) electrons. The standard InChI is InChI=1S/C10H14BrN3/c1-6(2)14-10-4-7(11)3-9(13)8(10)5-12/h3-6,12,14H,13H2,1-2H3. The average Bonchev–Trinajstić information content (AvgIpc) is 2.01. The van der Waals surface area contributed by atoms with E-state index in [2.05, 4.69) is 21.2 Å². The van der Waals surface area contributed by atoms with Crippen molar-refractivity contribution in [2.24, 2.45) is 0 Å². The van der Waals surface area contributed by atoms with Crippen molar-refractivity contribution in [3.05, 3.63) is 22.2 Å². The average molecular weight is 256 g/mol.